The first-order chi connectivity index (χ1) is 17.3. The Bertz CT molecular complexity index is 1430. The van der Waals surface area contributed by atoms with Gasteiger partial charge in [0.1, 0.15) is 11.5 Å². The van der Waals surface area contributed by atoms with Gasteiger partial charge in [0.15, 0.2) is 5.84 Å². The zero-order chi connectivity index (χ0) is 26.1. The summed E-state index contributed by atoms with van der Waals surface area (Å²) in [5, 5.41) is 4.31. The van der Waals surface area contributed by atoms with E-state index in [2.05, 4.69) is 21.1 Å². The van der Waals surface area contributed by atoms with Crippen molar-refractivity contribution in [2.75, 3.05) is 13.2 Å². The van der Waals surface area contributed by atoms with E-state index in [-0.39, 0.29) is 12.0 Å². The topological polar surface area (TPSA) is 42.7 Å². The van der Waals surface area contributed by atoms with Crippen LogP contribution in [0, 0.1) is 12.3 Å². The fraction of sp³-hybridized carbons (Fsp3) is 0.308. The fourth-order valence-electron chi connectivity index (χ4n) is 5.14. The van der Waals surface area contributed by atoms with Crippen molar-refractivity contribution in [1.29, 1.82) is 0 Å². The lowest BCUT2D eigenvalue weighted by molar-refractivity contribution is 0.0482. The average Bonchev–Trinajstić information content (AvgIpc) is 3.43. The van der Waals surface area contributed by atoms with Gasteiger partial charge in [-0.25, -0.2) is 4.98 Å². The molecule has 2 aromatic carbocycles. The van der Waals surface area contributed by atoms with Gasteiger partial charge in [-0.2, -0.15) is 0 Å². The highest BCUT2D eigenvalue weighted by atomic mass is 32.5. The number of rotatable bonds is 4. The van der Waals surface area contributed by atoms with E-state index in [4.69, 9.17) is 4.84 Å². The van der Waals surface area contributed by atoms with Crippen molar-refractivity contribution >= 4 is 22.1 Å². The van der Waals surface area contributed by atoms with Gasteiger partial charge in [0.05, 0.1) is 18.1 Å². The molecule has 1 saturated heterocycles. The maximum Gasteiger partial charge on any atom is 0.310 e. The zero-order valence-electron chi connectivity index (χ0n) is 20.0. The summed E-state index contributed by atoms with van der Waals surface area (Å²) in [5.74, 6) is 0.639. The summed E-state index contributed by atoms with van der Waals surface area (Å²) >= 11 is 0. The van der Waals surface area contributed by atoms with Gasteiger partial charge in [0, 0.05) is 18.4 Å². The number of oxime groups is 1. The van der Waals surface area contributed by atoms with Crippen molar-refractivity contribution in [3.63, 3.8) is 0 Å². The van der Waals surface area contributed by atoms with Crippen LogP contribution in [0.3, 0.4) is 0 Å². The van der Waals surface area contributed by atoms with Crippen molar-refractivity contribution in [3.8, 4) is 5.69 Å². The summed E-state index contributed by atoms with van der Waals surface area (Å²) in [6, 6.07) is 10.8. The van der Waals surface area contributed by atoms with Gasteiger partial charge in [-0.1, -0.05) is 48.8 Å². The standard InChI is InChI=1S/C26H25F5N4OS/c1-18-14-34(17-32-18)22-6-2-19(3-7-22)12-21-13-26(10-11-26)16-35-24(15-36-33-25(21)35)20-4-8-23(9-5-20)37(27,28,29,30)31/h2-9,12,14,17,24H,10-11,13,15-16H2,1H3. The normalized spacial score (nSPS) is 23.6. The molecule has 0 radical (unpaired) electrons. The van der Waals surface area contributed by atoms with Crippen LogP contribution < -0.4 is 0 Å². The third-order valence-electron chi connectivity index (χ3n) is 7.30. The molecule has 2 fully saturated rings. The Morgan fingerprint density at radius 3 is 2.30 bits per heavy atom. The third-order valence-corrected chi connectivity index (χ3v) is 8.46. The molecule has 2 aliphatic heterocycles. The van der Waals surface area contributed by atoms with Gasteiger partial charge in [-0.15, -0.1) is 0 Å². The minimum Gasteiger partial charge on any atom is -0.392 e. The lowest BCUT2D eigenvalue weighted by Gasteiger charge is -2.44. The molecule has 0 amide bonds. The molecule has 37 heavy (non-hydrogen) atoms. The number of benzene rings is 2. The van der Waals surface area contributed by atoms with Crippen LogP contribution in [-0.4, -0.2) is 33.4 Å². The average molecular weight is 537 g/mol. The summed E-state index contributed by atoms with van der Waals surface area (Å²) in [6.45, 7) is 2.75. The summed E-state index contributed by atoms with van der Waals surface area (Å²) in [6.07, 6.45) is 8.69. The molecule has 3 aliphatic rings. The van der Waals surface area contributed by atoms with Gasteiger partial charge in [0.25, 0.3) is 0 Å². The highest BCUT2D eigenvalue weighted by Crippen LogP contribution is 3.02. The van der Waals surface area contributed by atoms with Gasteiger partial charge in [-0.3, -0.25) is 0 Å². The van der Waals surface area contributed by atoms with E-state index >= 15 is 0 Å². The third kappa shape index (κ3) is 4.72. The quantitative estimate of drug-likeness (QED) is 0.320. The number of amidine groups is 1. The van der Waals surface area contributed by atoms with E-state index < -0.39 is 21.2 Å². The maximum absolute atomic E-state index is 13.2. The predicted octanol–water partition coefficient (Wildman–Crippen LogP) is 7.79. The molecule has 1 unspecified atom stereocenters. The lowest BCUT2D eigenvalue weighted by atomic mass is 9.87. The molecule has 1 saturated carbocycles. The monoisotopic (exact) mass is 536 g/mol. The van der Waals surface area contributed by atoms with Crippen LogP contribution >= 0.6 is 10.2 Å². The number of imidazole rings is 1. The number of fused-ring (bicyclic) bond motifs is 1. The Morgan fingerprint density at radius 1 is 1.00 bits per heavy atom. The first kappa shape index (κ1) is 24.0. The van der Waals surface area contributed by atoms with Crippen LogP contribution in [0.25, 0.3) is 11.8 Å². The second-order valence-corrected chi connectivity index (χ2v) is 12.7. The number of piperidine rings is 1. The number of aryl methyl sites for hydroxylation is 1. The first-order valence-corrected chi connectivity index (χ1v) is 13.9. The van der Waals surface area contributed by atoms with Crippen molar-refractivity contribution < 1.29 is 24.3 Å². The first-order valence-electron chi connectivity index (χ1n) is 11.9. The fourth-order valence-corrected chi connectivity index (χ4v) is 5.79. The van der Waals surface area contributed by atoms with Crippen LogP contribution in [0.5, 0.6) is 0 Å². The number of nitrogens with zero attached hydrogens (tertiary/aromatic N) is 4. The van der Waals surface area contributed by atoms with E-state index in [1.807, 2.05) is 42.0 Å². The van der Waals surface area contributed by atoms with E-state index in [9.17, 15) is 19.4 Å². The molecule has 0 bridgehead atoms. The largest absolute Gasteiger partial charge is 0.392 e. The Balaban J connectivity index is 1.30. The summed E-state index contributed by atoms with van der Waals surface area (Å²) in [7, 11) is -9.73. The Hall–Kier alpha value is -3.34. The van der Waals surface area contributed by atoms with Crippen LogP contribution in [0.15, 0.2) is 76.7 Å². The van der Waals surface area contributed by atoms with Crippen LogP contribution in [0.1, 0.15) is 42.1 Å². The summed E-state index contributed by atoms with van der Waals surface area (Å²) in [4.78, 5) is 9.94. The number of aromatic nitrogens is 2. The number of halogens is 5. The smallest absolute Gasteiger partial charge is 0.310 e. The molecule has 196 valence electrons. The second-order valence-electron chi connectivity index (χ2n) is 10.3. The van der Waals surface area contributed by atoms with Crippen LogP contribution in [0.2, 0.25) is 0 Å². The van der Waals surface area contributed by atoms with Crippen LogP contribution in [0.4, 0.5) is 19.4 Å². The Morgan fingerprint density at radius 2 is 1.70 bits per heavy atom. The summed E-state index contributed by atoms with van der Waals surface area (Å²) in [5.41, 5.74) is 4.45. The zero-order valence-corrected chi connectivity index (χ0v) is 20.8. The Labute approximate surface area is 211 Å². The van der Waals surface area contributed by atoms with E-state index in [0.717, 1.165) is 53.9 Å². The molecule has 6 rings (SSSR count). The van der Waals surface area contributed by atoms with Crippen LogP contribution in [-0.2, 0) is 4.84 Å². The van der Waals surface area contributed by atoms with Gasteiger partial charge in [-0.05, 0) is 78.6 Å². The minimum absolute atomic E-state index is 0.0818. The van der Waals surface area contributed by atoms with Crippen molar-refractivity contribution in [2.24, 2.45) is 10.6 Å². The highest BCUT2D eigenvalue weighted by Gasteiger charge is 2.65. The number of hydrogen-bond acceptors (Lipinski definition) is 4. The molecule has 1 aromatic heterocycles. The molecule has 3 heterocycles. The lowest BCUT2D eigenvalue weighted by Crippen LogP contribution is -2.48. The number of hydrogen-bond donors (Lipinski definition) is 0. The molecule has 0 N–H and O–H groups in total. The molecule has 1 aliphatic carbocycles. The van der Waals surface area contributed by atoms with E-state index in [0.29, 0.717) is 30.1 Å². The SMILES string of the molecule is Cc1cn(-c2ccc(C=C3CC4(CC4)CN4C3=NOCC4c3ccc(S(F)(F)(F)(F)F)cc3)cc2)cn1. The molecule has 1 spiro atoms. The van der Waals surface area contributed by atoms with Crippen molar-refractivity contribution in [2.45, 2.75) is 37.1 Å². The summed E-state index contributed by atoms with van der Waals surface area (Å²) < 4.78 is 68.0. The van der Waals surface area contributed by atoms with Gasteiger partial charge in [0.2, 0.25) is 0 Å². The van der Waals surface area contributed by atoms with Gasteiger partial charge < -0.3 is 14.3 Å². The molecule has 11 heteroatoms. The molecule has 1 atom stereocenters. The molecular formula is C26H25F5N4OS. The van der Waals surface area contributed by atoms with Crippen molar-refractivity contribution in [1.82, 2.24) is 14.5 Å². The second kappa shape index (κ2) is 7.37. The highest BCUT2D eigenvalue weighted by molar-refractivity contribution is 8.45. The minimum atomic E-state index is -9.73. The maximum atomic E-state index is 13.2. The predicted molar refractivity (Wildman–Crippen MR) is 133 cm³/mol. The van der Waals surface area contributed by atoms with E-state index in [1.165, 1.54) is 0 Å². The van der Waals surface area contributed by atoms with E-state index in [1.54, 1.807) is 6.33 Å². The van der Waals surface area contributed by atoms with Gasteiger partial charge >= 0.3 is 10.2 Å². The Kier molecular flexibility index (Phi) is 4.78. The molecule has 3 aromatic rings. The molecular weight excluding hydrogens is 511 g/mol. The van der Waals surface area contributed by atoms with Crippen molar-refractivity contribution in [3.05, 3.63) is 83.4 Å². The molecule has 5 nitrogen and oxygen atoms in total.